The smallest absolute Gasteiger partial charge is 0.265 e. The molecule has 1 heterocycles. The van der Waals surface area contributed by atoms with Gasteiger partial charge in [-0.1, -0.05) is 30.3 Å². The van der Waals surface area contributed by atoms with Crippen LogP contribution in [0.5, 0.6) is 0 Å². The van der Waals surface area contributed by atoms with Gasteiger partial charge in [-0.05, 0) is 0 Å². The molecular formula is C15H13N2O4+. The van der Waals surface area contributed by atoms with Gasteiger partial charge < -0.3 is 0 Å². The molecule has 0 radical (unpaired) electrons. The summed E-state index contributed by atoms with van der Waals surface area (Å²) in [6.07, 6.45) is 3.13. The minimum absolute atomic E-state index is 0.0510. The van der Waals surface area contributed by atoms with Crippen molar-refractivity contribution in [2.75, 3.05) is 6.54 Å². The third-order valence-corrected chi connectivity index (χ3v) is 2.91. The quantitative estimate of drug-likeness (QED) is 0.347. The van der Waals surface area contributed by atoms with Crippen LogP contribution in [0.25, 0.3) is 0 Å². The number of ketones is 2. The number of hydrogen-bond donors (Lipinski definition) is 0. The Hall–Kier alpha value is -2.89. The van der Waals surface area contributed by atoms with E-state index in [9.17, 15) is 19.7 Å². The monoisotopic (exact) mass is 285 g/mol. The van der Waals surface area contributed by atoms with Crippen molar-refractivity contribution in [3.63, 3.8) is 0 Å². The molecular weight excluding hydrogens is 272 g/mol. The molecule has 0 aliphatic heterocycles. The predicted molar refractivity (Wildman–Crippen MR) is 73.6 cm³/mol. The Morgan fingerprint density at radius 3 is 2.10 bits per heavy atom. The lowest BCUT2D eigenvalue weighted by atomic mass is 10.1. The maximum absolute atomic E-state index is 12.0. The van der Waals surface area contributed by atoms with Gasteiger partial charge in [0, 0.05) is 28.2 Å². The van der Waals surface area contributed by atoms with E-state index in [1.54, 1.807) is 41.2 Å². The summed E-state index contributed by atoms with van der Waals surface area (Å²) in [5.74, 6) is -0.605. The average molecular weight is 285 g/mol. The first-order chi connectivity index (χ1) is 10.1. The molecule has 21 heavy (non-hydrogen) atoms. The number of Topliss-reactive ketones (excluding diaryl/α,β-unsaturated/α-hetero) is 2. The number of carbonyl (C=O) groups excluding carboxylic acids is 2. The summed E-state index contributed by atoms with van der Waals surface area (Å²) < 4.78 is 1.62. The van der Waals surface area contributed by atoms with Gasteiger partial charge in [-0.2, -0.15) is 4.57 Å². The highest BCUT2D eigenvalue weighted by Gasteiger charge is 2.15. The highest BCUT2D eigenvalue weighted by atomic mass is 16.6. The molecule has 0 fully saturated rings. The minimum atomic E-state index is -0.729. The number of aromatic nitrogens is 1. The van der Waals surface area contributed by atoms with Crippen molar-refractivity contribution < 1.29 is 19.1 Å². The van der Waals surface area contributed by atoms with E-state index in [1.165, 1.54) is 12.1 Å². The lowest BCUT2D eigenvalue weighted by Gasteiger charge is -1.99. The topological polar surface area (TPSA) is 81.2 Å². The molecule has 0 aliphatic rings. The molecule has 2 aromatic rings. The van der Waals surface area contributed by atoms with Crippen LogP contribution in [-0.4, -0.2) is 23.0 Å². The molecule has 0 amide bonds. The van der Waals surface area contributed by atoms with Crippen LogP contribution in [0.15, 0.2) is 54.9 Å². The predicted octanol–water partition coefficient (Wildman–Crippen LogP) is 1.32. The normalized spacial score (nSPS) is 10.1. The number of nitrogens with zero attached hydrogens (tertiary/aromatic N) is 2. The van der Waals surface area contributed by atoms with E-state index in [4.69, 9.17) is 0 Å². The van der Waals surface area contributed by atoms with E-state index < -0.39 is 17.3 Å². The van der Waals surface area contributed by atoms with Crippen LogP contribution in [0.2, 0.25) is 0 Å². The maximum atomic E-state index is 12.0. The van der Waals surface area contributed by atoms with Crippen LogP contribution in [0.4, 0.5) is 0 Å². The van der Waals surface area contributed by atoms with Gasteiger partial charge in [-0.3, -0.25) is 19.7 Å². The summed E-state index contributed by atoms with van der Waals surface area (Å²) in [6.45, 7) is -0.583. The van der Waals surface area contributed by atoms with Crippen molar-refractivity contribution in [3.05, 3.63) is 76.1 Å². The van der Waals surface area contributed by atoms with Crippen molar-refractivity contribution in [2.24, 2.45) is 0 Å². The molecule has 0 N–H and O–H groups in total. The lowest BCUT2D eigenvalue weighted by molar-refractivity contribution is -0.683. The van der Waals surface area contributed by atoms with Gasteiger partial charge in [0.25, 0.3) is 6.54 Å². The van der Waals surface area contributed by atoms with Gasteiger partial charge in [0.1, 0.15) is 0 Å². The Kier molecular flexibility index (Phi) is 4.50. The molecule has 2 rings (SSSR count). The van der Waals surface area contributed by atoms with Gasteiger partial charge in [-0.15, -0.1) is 0 Å². The zero-order chi connectivity index (χ0) is 15.2. The number of nitro groups is 1. The Bertz CT molecular complexity index is 666. The van der Waals surface area contributed by atoms with Crippen LogP contribution >= 0.6 is 0 Å². The molecule has 0 saturated heterocycles. The fourth-order valence-corrected chi connectivity index (χ4v) is 1.84. The number of rotatable bonds is 6. The summed E-state index contributed by atoms with van der Waals surface area (Å²) in [5, 5.41) is 10.3. The van der Waals surface area contributed by atoms with E-state index in [2.05, 4.69) is 0 Å². The third-order valence-electron chi connectivity index (χ3n) is 2.91. The molecule has 0 bridgehead atoms. The molecule has 0 atom stereocenters. The molecule has 0 spiro atoms. The van der Waals surface area contributed by atoms with Gasteiger partial charge in [0.2, 0.25) is 18.1 Å². The van der Waals surface area contributed by atoms with Crippen LogP contribution in [0.3, 0.4) is 0 Å². The second-order valence-corrected chi connectivity index (χ2v) is 4.46. The van der Waals surface area contributed by atoms with E-state index in [0.29, 0.717) is 5.56 Å². The first kappa shape index (κ1) is 14.5. The van der Waals surface area contributed by atoms with Crippen LogP contribution < -0.4 is 4.57 Å². The summed E-state index contributed by atoms with van der Waals surface area (Å²) in [7, 11) is 0. The Labute approximate surface area is 120 Å². The zero-order valence-electron chi connectivity index (χ0n) is 11.1. The highest BCUT2D eigenvalue weighted by Crippen LogP contribution is 2.01. The van der Waals surface area contributed by atoms with Gasteiger partial charge in [-0.25, -0.2) is 0 Å². The van der Waals surface area contributed by atoms with E-state index in [1.807, 2.05) is 6.07 Å². The SMILES string of the molecule is O=C(C[N+](=O)[O-])c1cc[n+](CC(=O)c2ccccc2)cc1. The second kappa shape index (κ2) is 6.51. The average Bonchev–Trinajstić information content (AvgIpc) is 2.48. The molecule has 6 nitrogen and oxygen atoms in total. The van der Waals surface area contributed by atoms with Gasteiger partial charge in [0.15, 0.2) is 12.4 Å². The Morgan fingerprint density at radius 1 is 0.952 bits per heavy atom. The number of pyridine rings is 1. The fourth-order valence-electron chi connectivity index (χ4n) is 1.84. The van der Waals surface area contributed by atoms with Crippen LogP contribution in [0.1, 0.15) is 20.7 Å². The number of benzene rings is 1. The summed E-state index contributed by atoms with van der Waals surface area (Å²) in [5.41, 5.74) is 0.869. The molecule has 106 valence electrons. The van der Waals surface area contributed by atoms with Crippen molar-refractivity contribution in [1.29, 1.82) is 0 Å². The highest BCUT2D eigenvalue weighted by molar-refractivity contribution is 5.96. The van der Waals surface area contributed by atoms with E-state index in [0.717, 1.165) is 0 Å². The Balaban J connectivity index is 2.04. The van der Waals surface area contributed by atoms with Crippen molar-refractivity contribution in [2.45, 2.75) is 6.54 Å². The van der Waals surface area contributed by atoms with Crippen molar-refractivity contribution in [1.82, 2.24) is 0 Å². The number of hydrogen-bond acceptors (Lipinski definition) is 4. The first-order valence-electron chi connectivity index (χ1n) is 6.28. The molecule has 1 aromatic heterocycles. The molecule has 0 unspecified atom stereocenters. The Morgan fingerprint density at radius 2 is 1.52 bits per heavy atom. The fraction of sp³-hybridized carbons (Fsp3) is 0.133. The second-order valence-electron chi connectivity index (χ2n) is 4.46. The molecule has 6 heteroatoms. The molecule has 1 aromatic carbocycles. The van der Waals surface area contributed by atoms with E-state index >= 15 is 0 Å². The summed E-state index contributed by atoms with van der Waals surface area (Å²) in [4.78, 5) is 33.1. The van der Waals surface area contributed by atoms with Crippen LogP contribution in [-0.2, 0) is 6.54 Å². The lowest BCUT2D eigenvalue weighted by Crippen LogP contribution is -2.37. The summed E-state index contributed by atoms with van der Waals surface area (Å²) >= 11 is 0. The standard InChI is InChI=1S/C15H13N2O4/c18-14(12-4-2-1-3-5-12)10-16-8-6-13(7-9-16)15(19)11-17(20)21/h1-9H,10-11H2/q+1. The van der Waals surface area contributed by atoms with E-state index in [-0.39, 0.29) is 17.9 Å². The van der Waals surface area contributed by atoms with Crippen molar-refractivity contribution in [3.8, 4) is 0 Å². The van der Waals surface area contributed by atoms with Crippen LogP contribution in [0, 0.1) is 10.1 Å². The molecule has 0 saturated carbocycles. The first-order valence-corrected chi connectivity index (χ1v) is 6.28. The summed E-state index contributed by atoms with van der Waals surface area (Å²) in [6, 6.07) is 11.8. The zero-order valence-corrected chi connectivity index (χ0v) is 11.1. The van der Waals surface area contributed by atoms with Gasteiger partial charge in [0.05, 0.1) is 0 Å². The largest absolute Gasteiger partial charge is 0.287 e. The van der Waals surface area contributed by atoms with Gasteiger partial charge >= 0.3 is 0 Å². The minimum Gasteiger partial charge on any atom is -0.287 e. The maximum Gasteiger partial charge on any atom is 0.265 e. The van der Waals surface area contributed by atoms with Crippen molar-refractivity contribution >= 4 is 11.6 Å². The third kappa shape index (κ3) is 4.04. The molecule has 0 aliphatic carbocycles. The number of carbonyl (C=O) groups is 2.